The molecule has 19 heavy (non-hydrogen) atoms. The van der Waals surface area contributed by atoms with Crippen molar-refractivity contribution < 1.29 is 0 Å². The quantitative estimate of drug-likeness (QED) is 0.556. The lowest BCUT2D eigenvalue weighted by molar-refractivity contribution is 1.22. The first-order valence-corrected chi connectivity index (χ1v) is 6.92. The van der Waals surface area contributed by atoms with Gasteiger partial charge in [-0.25, -0.2) is 10.8 Å². The van der Waals surface area contributed by atoms with Gasteiger partial charge in [0.15, 0.2) is 11.6 Å². The zero-order valence-corrected chi connectivity index (χ0v) is 13.1. The van der Waals surface area contributed by atoms with E-state index < -0.39 is 0 Å². The minimum Gasteiger partial charge on any atom is -0.339 e. The van der Waals surface area contributed by atoms with E-state index in [1.165, 1.54) is 0 Å². The highest BCUT2D eigenvalue weighted by atomic mass is 79.9. The van der Waals surface area contributed by atoms with Gasteiger partial charge in [-0.3, -0.25) is 0 Å². The minimum absolute atomic E-state index is 0.363. The van der Waals surface area contributed by atoms with Crippen molar-refractivity contribution in [3.63, 3.8) is 0 Å². The maximum absolute atomic E-state index is 6.09. The van der Waals surface area contributed by atoms with Crippen LogP contribution in [-0.4, -0.2) is 4.98 Å². The number of halogens is 3. The summed E-state index contributed by atoms with van der Waals surface area (Å²) in [5.41, 5.74) is 4.40. The van der Waals surface area contributed by atoms with Crippen LogP contribution in [0.3, 0.4) is 0 Å². The van der Waals surface area contributed by atoms with E-state index in [1.807, 2.05) is 25.1 Å². The number of aromatic nitrogens is 1. The van der Waals surface area contributed by atoms with Gasteiger partial charge in [-0.15, -0.1) is 0 Å². The fraction of sp³-hybridized carbons (Fsp3) is 0.0833. The van der Waals surface area contributed by atoms with Crippen LogP contribution in [0.2, 0.25) is 10.0 Å². The van der Waals surface area contributed by atoms with E-state index in [0.29, 0.717) is 21.7 Å². The topological polar surface area (TPSA) is 63.0 Å². The number of hydrogen-bond donors (Lipinski definition) is 3. The summed E-state index contributed by atoms with van der Waals surface area (Å²) in [6.07, 6.45) is 0. The van der Waals surface area contributed by atoms with Crippen LogP contribution in [0, 0.1) is 6.92 Å². The molecule has 0 atom stereocenters. The van der Waals surface area contributed by atoms with E-state index in [4.69, 9.17) is 29.0 Å². The number of nitrogens with one attached hydrogen (secondary N) is 2. The lowest BCUT2D eigenvalue weighted by atomic mass is 10.2. The van der Waals surface area contributed by atoms with Gasteiger partial charge in [-0.05, 0) is 36.8 Å². The van der Waals surface area contributed by atoms with Crippen molar-refractivity contribution in [3.05, 3.63) is 44.3 Å². The number of nitrogens with zero attached hydrogens (tertiary/aromatic N) is 1. The Labute approximate surface area is 129 Å². The standard InChI is InChI=1S/C12H11BrCl2N4/c1-6-4-7(2-3-8(6)13)17-11-9(14)5-10(15)12(18-11)19-16/h2-5H,16H2,1H3,(H2,17,18,19). The van der Waals surface area contributed by atoms with E-state index in [2.05, 4.69) is 31.7 Å². The zero-order valence-electron chi connectivity index (χ0n) is 9.97. The van der Waals surface area contributed by atoms with Gasteiger partial charge in [0, 0.05) is 10.2 Å². The lowest BCUT2D eigenvalue weighted by Gasteiger charge is -2.11. The lowest BCUT2D eigenvalue weighted by Crippen LogP contribution is -2.10. The fourth-order valence-corrected chi connectivity index (χ4v) is 2.22. The monoisotopic (exact) mass is 360 g/mol. The molecule has 0 aliphatic rings. The summed E-state index contributed by atoms with van der Waals surface area (Å²) >= 11 is 15.5. The van der Waals surface area contributed by atoms with Gasteiger partial charge < -0.3 is 10.7 Å². The molecule has 0 spiro atoms. The second-order valence-corrected chi connectivity index (χ2v) is 5.55. The van der Waals surface area contributed by atoms with Crippen LogP contribution >= 0.6 is 39.1 Å². The maximum atomic E-state index is 6.09. The van der Waals surface area contributed by atoms with Crippen LogP contribution in [0.1, 0.15) is 5.56 Å². The van der Waals surface area contributed by atoms with Crippen molar-refractivity contribution in [1.82, 2.24) is 4.98 Å². The van der Waals surface area contributed by atoms with Gasteiger partial charge in [0.1, 0.15) is 0 Å². The second-order valence-electron chi connectivity index (χ2n) is 3.88. The summed E-state index contributed by atoms with van der Waals surface area (Å²) in [5, 5.41) is 3.91. The molecule has 2 aromatic rings. The van der Waals surface area contributed by atoms with Crippen molar-refractivity contribution in [3.8, 4) is 0 Å². The number of nitrogen functional groups attached to an aromatic ring is 1. The fourth-order valence-electron chi connectivity index (χ4n) is 1.51. The van der Waals surface area contributed by atoms with Crippen LogP contribution in [0.15, 0.2) is 28.7 Å². The Morgan fingerprint density at radius 3 is 2.47 bits per heavy atom. The normalized spacial score (nSPS) is 10.4. The summed E-state index contributed by atoms with van der Waals surface area (Å²) in [7, 11) is 0. The number of benzene rings is 1. The molecule has 1 aromatic heterocycles. The average molecular weight is 362 g/mol. The molecule has 0 unspecified atom stereocenters. The smallest absolute Gasteiger partial charge is 0.161 e. The average Bonchev–Trinajstić information content (AvgIpc) is 2.37. The highest BCUT2D eigenvalue weighted by Gasteiger charge is 2.09. The molecule has 100 valence electrons. The first-order valence-electron chi connectivity index (χ1n) is 5.37. The van der Waals surface area contributed by atoms with Gasteiger partial charge in [0.25, 0.3) is 0 Å². The molecule has 4 N–H and O–H groups in total. The molecule has 0 bridgehead atoms. The molecular weight excluding hydrogens is 351 g/mol. The van der Waals surface area contributed by atoms with Gasteiger partial charge in [-0.2, -0.15) is 0 Å². The van der Waals surface area contributed by atoms with Crippen LogP contribution in [-0.2, 0) is 0 Å². The first-order chi connectivity index (χ1) is 9.01. The third-order valence-corrected chi connectivity index (χ3v) is 3.95. The van der Waals surface area contributed by atoms with Crippen LogP contribution in [0.5, 0.6) is 0 Å². The third-order valence-electron chi connectivity index (χ3n) is 2.49. The van der Waals surface area contributed by atoms with Crippen LogP contribution < -0.4 is 16.6 Å². The third kappa shape index (κ3) is 3.30. The van der Waals surface area contributed by atoms with Crippen LogP contribution in [0.25, 0.3) is 0 Å². The minimum atomic E-state index is 0.363. The van der Waals surface area contributed by atoms with Crippen molar-refractivity contribution in [1.29, 1.82) is 0 Å². The van der Waals surface area contributed by atoms with E-state index in [9.17, 15) is 0 Å². The summed E-state index contributed by atoms with van der Waals surface area (Å²) in [4.78, 5) is 4.21. The summed E-state index contributed by atoms with van der Waals surface area (Å²) in [6.45, 7) is 2.00. The maximum Gasteiger partial charge on any atom is 0.161 e. The number of anilines is 3. The van der Waals surface area contributed by atoms with Crippen molar-refractivity contribution in [2.75, 3.05) is 10.7 Å². The molecule has 0 fully saturated rings. The number of hydrazine groups is 1. The number of nitrogens with two attached hydrogens (primary N) is 1. The van der Waals surface area contributed by atoms with Gasteiger partial charge in [0.2, 0.25) is 0 Å². The Hall–Kier alpha value is -1.01. The molecule has 7 heteroatoms. The molecule has 1 aromatic carbocycles. The molecule has 0 saturated heterocycles. The summed E-state index contributed by atoms with van der Waals surface area (Å²) < 4.78 is 1.04. The second kappa shape index (κ2) is 5.96. The molecule has 1 heterocycles. The van der Waals surface area contributed by atoms with E-state index in [-0.39, 0.29) is 0 Å². The predicted molar refractivity (Wildman–Crippen MR) is 84.2 cm³/mol. The van der Waals surface area contributed by atoms with Gasteiger partial charge >= 0.3 is 0 Å². The van der Waals surface area contributed by atoms with Crippen molar-refractivity contribution in [2.45, 2.75) is 6.92 Å². The summed E-state index contributed by atoms with van der Waals surface area (Å²) in [6, 6.07) is 7.43. The van der Waals surface area contributed by atoms with E-state index >= 15 is 0 Å². The number of pyridine rings is 1. The number of rotatable bonds is 3. The Bertz CT molecular complexity index is 619. The highest BCUT2D eigenvalue weighted by molar-refractivity contribution is 9.10. The largest absolute Gasteiger partial charge is 0.339 e. The SMILES string of the molecule is Cc1cc(Nc2nc(NN)c(Cl)cc2Cl)ccc1Br. The van der Waals surface area contributed by atoms with Crippen LogP contribution in [0.4, 0.5) is 17.3 Å². The van der Waals surface area contributed by atoms with Gasteiger partial charge in [0.05, 0.1) is 10.0 Å². The van der Waals surface area contributed by atoms with Crippen molar-refractivity contribution >= 4 is 56.5 Å². The molecular formula is C12H11BrCl2N4. The van der Waals surface area contributed by atoms with E-state index in [0.717, 1.165) is 15.7 Å². The van der Waals surface area contributed by atoms with Gasteiger partial charge in [-0.1, -0.05) is 39.1 Å². The zero-order chi connectivity index (χ0) is 14.0. The summed E-state index contributed by atoms with van der Waals surface area (Å²) in [5.74, 6) is 6.18. The molecule has 4 nitrogen and oxygen atoms in total. The Morgan fingerprint density at radius 2 is 1.84 bits per heavy atom. The molecule has 0 amide bonds. The Balaban J connectivity index is 2.34. The first kappa shape index (κ1) is 14.4. The Morgan fingerprint density at radius 1 is 1.16 bits per heavy atom. The predicted octanol–water partition coefficient (Wildman–Crippen LogP) is 4.49. The Kier molecular flexibility index (Phi) is 4.52. The van der Waals surface area contributed by atoms with Crippen molar-refractivity contribution in [2.24, 2.45) is 5.84 Å². The number of hydrogen-bond acceptors (Lipinski definition) is 4. The molecule has 0 aliphatic carbocycles. The molecule has 2 rings (SSSR count). The van der Waals surface area contributed by atoms with E-state index in [1.54, 1.807) is 6.07 Å². The number of aryl methyl sites for hydroxylation is 1. The molecule has 0 saturated carbocycles. The highest BCUT2D eigenvalue weighted by Crippen LogP contribution is 2.31. The molecule has 0 radical (unpaired) electrons. The molecule has 0 aliphatic heterocycles.